The van der Waals surface area contributed by atoms with Crippen LogP contribution >= 0.6 is 0 Å². The van der Waals surface area contributed by atoms with E-state index in [1.54, 1.807) is 6.33 Å². The molecule has 0 aliphatic carbocycles. The number of H-pyrrole nitrogens is 1. The number of aromatic amines is 1. The molecule has 1 fully saturated rings. The lowest BCUT2D eigenvalue weighted by atomic mass is 9.79. The maximum absolute atomic E-state index is 12.0. The lowest BCUT2D eigenvalue weighted by Gasteiger charge is -2.40. The molecule has 2 aromatic rings. The predicted octanol–water partition coefficient (Wildman–Crippen LogP) is 1.10. The minimum Gasteiger partial charge on any atom is -0.337 e. The van der Waals surface area contributed by atoms with Crippen LogP contribution in [0, 0.1) is 0 Å². The molecule has 0 spiro atoms. The molecule has 0 amide bonds. The van der Waals surface area contributed by atoms with Gasteiger partial charge in [0.05, 0.1) is 23.9 Å². The number of aryl methyl sites for hydroxylation is 1. The molecule has 3 rings (SSSR count). The third kappa shape index (κ3) is 3.18. The summed E-state index contributed by atoms with van der Waals surface area (Å²) in [6.45, 7) is 4.73. The smallest absolute Gasteiger partial charge is 0.178 e. The summed E-state index contributed by atoms with van der Waals surface area (Å²) in [4.78, 5) is 6.84. The Morgan fingerprint density at radius 3 is 2.83 bits per heavy atom. The van der Waals surface area contributed by atoms with Crippen molar-refractivity contribution >= 4 is 9.84 Å². The Morgan fingerprint density at radius 2 is 2.17 bits per heavy atom. The van der Waals surface area contributed by atoms with Crippen molar-refractivity contribution in [3.63, 3.8) is 0 Å². The number of nitrogens with one attached hydrogen (secondary N) is 1. The summed E-state index contributed by atoms with van der Waals surface area (Å²) in [7, 11) is -1.29. The van der Waals surface area contributed by atoms with Crippen LogP contribution in [0.15, 0.2) is 23.6 Å². The molecule has 1 aliphatic heterocycles. The van der Waals surface area contributed by atoms with Gasteiger partial charge in [0.15, 0.2) is 9.84 Å². The van der Waals surface area contributed by atoms with Gasteiger partial charge in [-0.1, -0.05) is 6.92 Å². The Bertz CT molecular complexity index is 794. The molecule has 7 nitrogen and oxygen atoms in total. The Balaban J connectivity index is 1.85. The van der Waals surface area contributed by atoms with Crippen molar-refractivity contribution in [2.45, 2.75) is 36.6 Å². The van der Waals surface area contributed by atoms with Crippen LogP contribution in [-0.4, -0.2) is 52.4 Å². The topological polar surface area (TPSA) is 83.9 Å². The molecule has 1 aliphatic rings. The first-order valence-corrected chi connectivity index (χ1v) is 9.60. The number of sulfone groups is 1. The van der Waals surface area contributed by atoms with Crippen molar-refractivity contribution in [2.24, 2.45) is 7.05 Å². The summed E-state index contributed by atoms with van der Waals surface area (Å²) < 4.78 is 26.0. The second-order valence-electron chi connectivity index (χ2n) is 6.75. The number of hydrogen-bond acceptors (Lipinski definition) is 5. The van der Waals surface area contributed by atoms with E-state index >= 15 is 0 Å². The summed E-state index contributed by atoms with van der Waals surface area (Å²) in [6.07, 6.45) is 8.31. The average Bonchev–Trinajstić information content (AvgIpc) is 3.09. The molecule has 0 bridgehead atoms. The van der Waals surface area contributed by atoms with E-state index < -0.39 is 9.84 Å². The zero-order chi connectivity index (χ0) is 16.7. The SMILES string of the molecule is Cn1cncc1CN1CCC[C@@](C)(c2[nH]ncc2S(C)(=O)=O)C1. The molecule has 126 valence electrons. The minimum absolute atomic E-state index is 0.244. The van der Waals surface area contributed by atoms with Crippen LogP contribution in [0.5, 0.6) is 0 Å². The van der Waals surface area contributed by atoms with Crippen molar-refractivity contribution < 1.29 is 8.42 Å². The van der Waals surface area contributed by atoms with Gasteiger partial charge in [0.2, 0.25) is 0 Å². The molecule has 2 aromatic heterocycles. The van der Waals surface area contributed by atoms with Crippen molar-refractivity contribution in [3.8, 4) is 0 Å². The summed E-state index contributed by atoms with van der Waals surface area (Å²) in [5, 5.41) is 6.93. The van der Waals surface area contributed by atoms with E-state index in [-0.39, 0.29) is 5.41 Å². The summed E-state index contributed by atoms with van der Waals surface area (Å²) >= 11 is 0. The van der Waals surface area contributed by atoms with E-state index in [0.29, 0.717) is 4.90 Å². The Kier molecular flexibility index (Phi) is 4.05. The molecule has 8 heteroatoms. The van der Waals surface area contributed by atoms with E-state index in [1.807, 2.05) is 17.8 Å². The number of likely N-dealkylation sites (tertiary alicyclic amines) is 1. The van der Waals surface area contributed by atoms with Crippen molar-refractivity contribution in [1.82, 2.24) is 24.6 Å². The molecule has 23 heavy (non-hydrogen) atoms. The van der Waals surface area contributed by atoms with Crippen LogP contribution in [0.2, 0.25) is 0 Å². The highest BCUT2D eigenvalue weighted by atomic mass is 32.2. The molecule has 1 atom stereocenters. The fourth-order valence-corrected chi connectivity index (χ4v) is 4.35. The normalized spacial score (nSPS) is 23.3. The van der Waals surface area contributed by atoms with Crippen molar-refractivity contribution in [3.05, 3.63) is 30.1 Å². The highest BCUT2D eigenvalue weighted by molar-refractivity contribution is 7.90. The standard InChI is InChI=1S/C15H23N5O2S/c1-15(14-13(8-17-18-14)23(3,21)22)5-4-6-20(10-15)9-12-7-16-11-19(12)2/h7-8,11H,4-6,9-10H2,1-3H3,(H,17,18)/t15-/m1/s1. The number of piperidine rings is 1. The van der Waals surface area contributed by atoms with Crippen LogP contribution < -0.4 is 0 Å². The molecule has 0 unspecified atom stereocenters. The monoisotopic (exact) mass is 337 g/mol. The van der Waals surface area contributed by atoms with Gasteiger partial charge < -0.3 is 4.57 Å². The molecule has 3 heterocycles. The van der Waals surface area contributed by atoms with E-state index in [4.69, 9.17) is 0 Å². The first-order valence-electron chi connectivity index (χ1n) is 7.71. The van der Waals surface area contributed by atoms with Crippen molar-refractivity contribution in [1.29, 1.82) is 0 Å². The largest absolute Gasteiger partial charge is 0.337 e. The minimum atomic E-state index is -3.28. The highest BCUT2D eigenvalue weighted by Gasteiger charge is 2.37. The lowest BCUT2D eigenvalue weighted by molar-refractivity contribution is 0.143. The van der Waals surface area contributed by atoms with Gasteiger partial charge in [-0.15, -0.1) is 0 Å². The third-order valence-corrected chi connectivity index (χ3v) is 5.79. The lowest BCUT2D eigenvalue weighted by Crippen LogP contribution is -2.44. The van der Waals surface area contributed by atoms with Crippen molar-refractivity contribution in [2.75, 3.05) is 19.3 Å². The molecular weight excluding hydrogens is 314 g/mol. The zero-order valence-corrected chi connectivity index (χ0v) is 14.6. The van der Waals surface area contributed by atoms with Crippen LogP contribution in [0.25, 0.3) is 0 Å². The van der Waals surface area contributed by atoms with Gasteiger partial charge in [0.25, 0.3) is 0 Å². The molecule has 0 radical (unpaired) electrons. The van der Waals surface area contributed by atoms with Gasteiger partial charge in [0.1, 0.15) is 4.90 Å². The third-order valence-electron chi connectivity index (χ3n) is 4.69. The first kappa shape index (κ1) is 16.2. The maximum atomic E-state index is 12.0. The number of rotatable bonds is 4. The number of imidazole rings is 1. The summed E-state index contributed by atoms with van der Waals surface area (Å²) in [5.41, 5.74) is 1.64. The van der Waals surface area contributed by atoms with E-state index in [9.17, 15) is 8.42 Å². The molecule has 0 aromatic carbocycles. The van der Waals surface area contributed by atoms with Gasteiger partial charge in [-0.3, -0.25) is 10.00 Å². The van der Waals surface area contributed by atoms with E-state index in [0.717, 1.165) is 43.9 Å². The zero-order valence-electron chi connectivity index (χ0n) is 13.8. The second-order valence-corrected chi connectivity index (χ2v) is 8.74. The van der Waals surface area contributed by atoms with Crippen LogP contribution in [0.3, 0.4) is 0 Å². The van der Waals surface area contributed by atoms with Gasteiger partial charge in [-0.25, -0.2) is 13.4 Å². The van der Waals surface area contributed by atoms with Crippen LogP contribution in [-0.2, 0) is 28.8 Å². The van der Waals surface area contributed by atoms with Gasteiger partial charge in [0, 0.05) is 38.0 Å². The van der Waals surface area contributed by atoms with Gasteiger partial charge >= 0.3 is 0 Å². The van der Waals surface area contributed by atoms with Gasteiger partial charge in [-0.05, 0) is 19.4 Å². The fraction of sp³-hybridized carbons (Fsp3) is 0.600. The fourth-order valence-electron chi connectivity index (χ4n) is 3.44. The predicted molar refractivity (Wildman–Crippen MR) is 86.8 cm³/mol. The molecule has 1 N–H and O–H groups in total. The van der Waals surface area contributed by atoms with Crippen LogP contribution in [0.4, 0.5) is 0 Å². The summed E-state index contributed by atoms with van der Waals surface area (Å²) in [5.74, 6) is 0. The second kappa shape index (κ2) is 5.76. The number of hydrogen-bond donors (Lipinski definition) is 1. The first-order chi connectivity index (χ1) is 10.8. The molecule has 1 saturated heterocycles. The molecule has 0 saturated carbocycles. The quantitative estimate of drug-likeness (QED) is 0.903. The Hall–Kier alpha value is -1.67. The van der Waals surface area contributed by atoms with Crippen LogP contribution in [0.1, 0.15) is 31.2 Å². The van der Waals surface area contributed by atoms with E-state index in [1.165, 1.54) is 12.5 Å². The summed E-state index contributed by atoms with van der Waals surface area (Å²) in [6, 6.07) is 0. The highest BCUT2D eigenvalue weighted by Crippen LogP contribution is 2.36. The Morgan fingerprint density at radius 1 is 1.39 bits per heavy atom. The number of nitrogens with zero attached hydrogens (tertiary/aromatic N) is 4. The van der Waals surface area contributed by atoms with Gasteiger partial charge in [-0.2, -0.15) is 5.10 Å². The average molecular weight is 337 g/mol. The maximum Gasteiger partial charge on any atom is 0.178 e. The van der Waals surface area contributed by atoms with E-state index in [2.05, 4.69) is 27.0 Å². The molecular formula is C15H23N5O2S. The number of aromatic nitrogens is 4. The Labute approximate surface area is 136 Å².